The minimum Gasteiger partial charge on any atom is -0.497 e. The van der Waals surface area contributed by atoms with Gasteiger partial charge in [0.05, 0.1) is 19.9 Å². The van der Waals surface area contributed by atoms with Crippen LogP contribution in [0.4, 0.5) is 5.69 Å². The normalized spacial score (nSPS) is 9.96. The molecule has 0 saturated carbocycles. The molecule has 0 fully saturated rings. The molecule has 6 heteroatoms. The van der Waals surface area contributed by atoms with Gasteiger partial charge in [-0.2, -0.15) is 0 Å². The van der Waals surface area contributed by atoms with Gasteiger partial charge >= 0.3 is 0 Å². The Balaban J connectivity index is 1.99. The van der Waals surface area contributed by atoms with E-state index in [1.807, 2.05) is 0 Å². The first-order valence-corrected chi connectivity index (χ1v) is 7.29. The second-order valence-corrected chi connectivity index (χ2v) is 4.99. The molecule has 1 amide bonds. The number of nitrogens with one attached hydrogen (secondary N) is 1. The Hall–Kier alpha value is -3.02. The molecule has 0 atom stereocenters. The van der Waals surface area contributed by atoms with Crippen molar-refractivity contribution in [1.82, 2.24) is 0 Å². The van der Waals surface area contributed by atoms with Crippen molar-refractivity contribution < 1.29 is 23.8 Å². The lowest BCUT2D eigenvalue weighted by Gasteiger charge is -2.12. The number of ether oxygens (including phenoxy) is 3. The molecule has 6 nitrogen and oxygen atoms in total. The number of Topliss-reactive ketones (excluding diaryl/α,β-unsaturated/α-hetero) is 1. The highest BCUT2D eigenvalue weighted by atomic mass is 16.5. The van der Waals surface area contributed by atoms with E-state index in [0.29, 0.717) is 28.5 Å². The first-order chi connectivity index (χ1) is 11.5. The lowest BCUT2D eigenvalue weighted by molar-refractivity contribution is -0.118. The van der Waals surface area contributed by atoms with Crippen LogP contribution in [0.3, 0.4) is 0 Å². The zero-order valence-electron chi connectivity index (χ0n) is 13.8. The molecule has 0 spiro atoms. The van der Waals surface area contributed by atoms with Crippen LogP contribution in [-0.2, 0) is 4.79 Å². The molecule has 0 aliphatic heterocycles. The van der Waals surface area contributed by atoms with Gasteiger partial charge in [0.25, 0.3) is 5.91 Å². The van der Waals surface area contributed by atoms with E-state index in [9.17, 15) is 9.59 Å². The molecule has 0 aliphatic rings. The summed E-state index contributed by atoms with van der Waals surface area (Å²) in [4.78, 5) is 23.4. The number of carbonyl (C=O) groups is 2. The highest BCUT2D eigenvalue weighted by Crippen LogP contribution is 2.28. The maximum absolute atomic E-state index is 12.0. The number of rotatable bonds is 7. The number of benzene rings is 2. The van der Waals surface area contributed by atoms with Crippen molar-refractivity contribution in [2.75, 3.05) is 26.1 Å². The number of hydrogen-bond acceptors (Lipinski definition) is 5. The standard InChI is InChI=1S/C18H19NO5/c1-12(20)13-5-4-6-15(9-13)24-11-18(21)19-16-8-7-14(22-2)10-17(16)23-3/h4-10H,11H2,1-3H3,(H,19,21). The molecule has 0 heterocycles. The molecule has 24 heavy (non-hydrogen) atoms. The number of amides is 1. The second kappa shape index (κ2) is 8.01. The van der Waals surface area contributed by atoms with Gasteiger partial charge in [0.15, 0.2) is 12.4 Å². The first-order valence-electron chi connectivity index (χ1n) is 7.29. The molecule has 0 radical (unpaired) electrons. The fraction of sp³-hybridized carbons (Fsp3) is 0.222. The summed E-state index contributed by atoms with van der Waals surface area (Å²) in [6.07, 6.45) is 0. The molecule has 2 aromatic rings. The largest absolute Gasteiger partial charge is 0.497 e. The number of ketones is 1. The van der Waals surface area contributed by atoms with Crippen molar-refractivity contribution in [2.24, 2.45) is 0 Å². The predicted molar refractivity (Wildman–Crippen MR) is 90.1 cm³/mol. The molecule has 0 aromatic heterocycles. The SMILES string of the molecule is COc1ccc(NC(=O)COc2cccc(C(C)=O)c2)c(OC)c1. The van der Waals surface area contributed by atoms with Gasteiger partial charge in [-0.25, -0.2) is 0 Å². The molecule has 2 aromatic carbocycles. The highest BCUT2D eigenvalue weighted by Gasteiger charge is 2.10. The second-order valence-electron chi connectivity index (χ2n) is 4.99. The third kappa shape index (κ3) is 4.49. The number of anilines is 1. The third-order valence-corrected chi connectivity index (χ3v) is 3.29. The fourth-order valence-electron chi connectivity index (χ4n) is 2.04. The monoisotopic (exact) mass is 329 g/mol. The minimum atomic E-state index is -0.341. The van der Waals surface area contributed by atoms with E-state index in [2.05, 4.69) is 5.32 Å². The van der Waals surface area contributed by atoms with Crippen molar-refractivity contribution in [1.29, 1.82) is 0 Å². The predicted octanol–water partition coefficient (Wildman–Crippen LogP) is 2.92. The van der Waals surface area contributed by atoms with Crippen LogP contribution in [-0.4, -0.2) is 32.5 Å². The summed E-state index contributed by atoms with van der Waals surface area (Å²) < 4.78 is 15.7. The van der Waals surface area contributed by atoms with Crippen LogP contribution in [0.2, 0.25) is 0 Å². The van der Waals surface area contributed by atoms with Gasteiger partial charge in [-0.05, 0) is 31.2 Å². The van der Waals surface area contributed by atoms with E-state index >= 15 is 0 Å². The van der Waals surface area contributed by atoms with E-state index in [1.165, 1.54) is 14.0 Å². The van der Waals surface area contributed by atoms with Gasteiger partial charge < -0.3 is 19.5 Å². The molecule has 0 saturated heterocycles. The zero-order chi connectivity index (χ0) is 17.5. The van der Waals surface area contributed by atoms with Crippen molar-refractivity contribution in [3.8, 4) is 17.2 Å². The van der Waals surface area contributed by atoms with Crippen LogP contribution in [0.1, 0.15) is 17.3 Å². The summed E-state index contributed by atoms with van der Waals surface area (Å²) in [5.74, 6) is 1.17. The van der Waals surface area contributed by atoms with Crippen molar-refractivity contribution in [3.05, 3.63) is 48.0 Å². The van der Waals surface area contributed by atoms with Crippen molar-refractivity contribution in [3.63, 3.8) is 0 Å². The topological polar surface area (TPSA) is 73.9 Å². The average molecular weight is 329 g/mol. The highest BCUT2D eigenvalue weighted by molar-refractivity contribution is 5.95. The van der Waals surface area contributed by atoms with E-state index in [1.54, 1.807) is 49.6 Å². The van der Waals surface area contributed by atoms with Gasteiger partial charge in [0.2, 0.25) is 0 Å². The van der Waals surface area contributed by atoms with Crippen LogP contribution in [0, 0.1) is 0 Å². The Labute approximate surface area is 140 Å². The maximum Gasteiger partial charge on any atom is 0.262 e. The summed E-state index contributed by atoms with van der Waals surface area (Å²) in [7, 11) is 3.06. The van der Waals surface area contributed by atoms with Gasteiger partial charge in [0.1, 0.15) is 17.2 Å². The number of hydrogen-bond donors (Lipinski definition) is 1. The summed E-state index contributed by atoms with van der Waals surface area (Å²) in [6.45, 7) is 1.29. The number of methoxy groups -OCH3 is 2. The zero-order valence-corrected chi connectivity index (χ0v) is 13.8. The Kier molecular flexibility index (Phi) is 5.78. The fourth-order valence-corrected chi connectivity index (χ4v) is 2.04. The van der Waals surface area contributed by atoms with E-state index < -0.39 is 0 Å². The molecule has 0 aliphatic carbocycles. The Bertz CT molecular complexity index is 742. The molecule has 126 valence electrons. The lowest BCUT2D eigenvalue weighted by atomic mass is 10.1. The molecule has 0 bridgehead atoms. The van der Waals surface area contributed by atoms with Crippen LogP contribution >= 0.6 is 0 Å². The Morgan fingerprint density at radius 3 is 2.46 bits per heavy atom. The maximum atomic E-state index is 12.0. The van der Waals surface area contributed by atoms with Gasteiger partial charge in [-0.15, -0.1) is 0 Å². The summed E-state index contributed by atoms with van der Waals surface area (Å²) in [5, 5.41) is 2.71. The molecular formula is C18H19NO5. The minimum absolute atomic E-state index is 0.0622. The first kappa shape index (κ1) is 17.3. The molecule has 1 N–H and O–H groups in total. The Morgan fingerprint density at radius 2 is 1.79 bits per heavy atom. The van der Waals surface area contributed by atoms with Gasteiger partial charge in [-0.1, -0.05) is 12.1 Å². The molecule has 2 rings (SSSR count). The summed E-state index contributed by atoms with van der Waals surface area (Å²) in [6, 6.07) is 11.8. The van der Waals surface area contributed by atoms with Crippen LogP contribution in [0.25, 0.3) is 0 Å². The summed E-state index contributed by atoms with van der Waals surface area (Å²) in [5.41, 5.74) is 1.05. The van der Waals surface area contributed by atoms with E-state index in [0.717, 1.165) is 0 Å². The molecule has 0 unspecified atom stereocenters. The van der Waals surface area contributed by atoms with Gasteiger partial charge in [-0.3, -0.25) is 9.59 Å². The van der Waals surface area contributed by atoms with E-state index in [-0.39, 0.29) is 18.3 Å². The van der Waals surface area contributed by atoms with Crippen LogP contribution in [0.5, 0.6) is 17.2 Å². The van der Waals surface area contributed by atoms with Crippen molar-refractivity contribution in [2.45, 2.75) is 6.92 Å². The lowest BCUT2D eigenvalue weighted by Crippen LogP contribution is -2.20. The third-order valence-electron chi connectivity index (χ3n) is 3.29. The Morgan fingerprint density at radius 1 is 1.00 bits per heavy atom. The average Bonchev–Trinajstić information content (AvgIpc) is 2.60. The van der Waals surface area contributed by atoms with Crippen LogP contribution < -0.4 is 19.5 Å². The van der Waals surface area contributed by atoms with E-state index in [4.69, 9.17) is 14.2 Å². The quantitative estimate of drug-likeness (QED) is 0.791. The van der Waals surface area contributed by atoms with Crippen molar-refractivity contribution >= 4 is 17.4 Å². The summed E-state index contributed by atoms with van der Waals surface area (Å²) >= 11 is 0. The van der Waals surface area contributed by atoms with Crippen LogP contribution in [0.15, 0.2) is 42.5 Å². The number of carbonyl (C=O) groups excluding carboxylic acids is 2. The molecular weight excluding hydrogens is 310 g/mol. The smallest absolute Gasteiger partial charge is 0.262 e. The van der Waals surface area contributed by atoms with Gasteiger partial charge in [0, 0.05) is 11.6 Å².